The maximum absolute atomic E-state index is 13.7. The van der Waals surface area contributed by atoms with Gasteiger partial charge in [0, 0.05) is 11.1 Å². The second kappa shape index (κ2) is 5.40. The lowest BCUT2D eigenvalue weighted by atomic mass is 10.2. The van der Waals surface area contributed by atoms with Crippen LogP contribution in [0.25, 0.3) is 0 Å². The Morgan fingerprint density at radius 1 is 1.30 bits per heavy atom. The van der Waals surface area contributed by atoms with Crippen molar-refractivity contribution in [2.24, 2.45) is 0 Å². The molecule has 20 heavy (non-hydrogen) atoms. The fourth-order valence-electron chi connectivity index (χ4n) is 1.68. The topological polar surface area (TPSA) is 24.9 Å². The van der Waals surface area contributed by atoms with E-state index >= 15 is 0 Å². The van der Waals surface area contributed by atoms with Crippen molar-refractivity contribution in [2.45, 2.75) is 26.1 Å². The molecule has 0 aliphatic heterocycles. The molecule has 108 valence electrons. The zero-order valence-corrected chi connectivity index (χ0v) is 11.6. The minimum Gasteiger partial charge on any atom is -0.374 e. The molecule has 0 bridgehead atoms. The molecule has 0 aliphatic rings. The summed E-state index contributed by atoms with van der Waals surface area (Å²) in [7, 11) is 0. The summed E-state index contributed by atoms with van der Waals surface area (Å²) >= 11 is 1.45. The van der Waals surface area contributed by atoms with E-state index < -0.39 is 17.6 Å². The quantitative estimate of drug-likeness (QED) is 0.825. The molecule has 7 heteroatoms. The number of aromatic nitrogens is 1. The molecular weight excluding hydrogens is 292 g/mol. The summed E-state index contributed by atoms with van der Waals surface area (Å²) in [4.78, 5) is 5.17. The Kier molecular flexibility index (Phi) is 3.99. The van der Waals surface area contributed by atoms with Crippen molar-refractivity contribution in [1.82, 2.24) is 4.98 Å². The molecule has 0 spiro atoms. The largest absolute Gasteiger partial charge is 0.416 e. The highest BCUT2D eigenvalue weighted by molar-refractivity contribution is 7.11. The summed E-state index contributed by atoms with van der Waals surface area (Å²) in [5.41, 5.74) is -0.975. The van der Waals surface area contributed by atoms with E-state index in [1.807, 2.05) is 6.92 Å². The van der Waals surface area contributed by atoms with Gasteiger partial charge in [-0.2, -0.15) is 13.2 Å². The second-order valence-electron chi connectivity index (χ2n) is 4.37. The molecule has 2 rings (SSSR count). The monoisotopic (exact) mass is 304 g/mol. The minimum atomic E-state index is -4.54. The predicted octanol–water partition coefficient (Wildman–Crippen LogP) is 4.78. The average Bonchev–Trinajstić information content (AvgIpc) is 2.77. The molecule has 0 amide bonds. The summed E-state index contributed by atoms with van der Waals surface area (Å²) in [5.74, 6) is -0.931. The lowest BCUT2D eigenvalue weighted by Gasteiger charge is -2.15. The van der Waals surface area contributed by atoms with E-state index in [1.54, 1.807) is 13.1 Å². The molecular formula is C13H12F4N2S. The van der Waals surface area contributed by atoms with Gasteiger partial charge in [-0.25, -0.2) is 9.37 Å². The molecule has 1 N–H and O–H groups in total. The van der Waals surface area contributed by atoms with Crippen LogP contribution >= 0.6 is 11.3 Å². The van der Waals surface area contributed by atoms with E-state index in [0.29, 0.717) is 6.07 Å². The number of anilines is 1. The van der Waals surface area contributed by atoms with E-state index in [1.165, 1.54) is 11.3 Å². The zero-order chi connectivity index (χ0) is 14.9. The molecule has 2 nitrogen and oxygen atoms in total. The summed E-state index contributed by atoms with van der Waals surface area (Å²) in [5, 5.41) is 3.58. The highest BCUT2D eigenvalue weighted by Crippen LogP contribution is 2.32. The van der Waals surface area contributed by atoms with Crippen LogP contribution in [0.1, 0.15) is 28.4 Å². The Bertz CT molecular complexity index is 607. The van der Waals surface area contributed by atoms with Crippen LogP contribution in [0.5, 0.6) is 0 Å². The number of hydrogen-bond acceptors (Lipinski definition) is 3. The lowest BCUT2D eigenvalue weighted by molar-refractivity contribution is -0.137. The summed E-state index contributed by atoms with van der Waals surface area (Å²) < 4.78 is 51.0. The van der Waals surface area contributed by atoms with Gasteiger partial charge in [-0.1, -0.05) is 0 Å². The van der Waals surface area contributed by atoms with Crippen LogP contribution in [0.3, 0.4) is 0 Å². The molecule has 1 aromatic heterocycles. The van der Waals surface area contributed by atoms with Crippen molar-refractivity contribution in [2.75, 3.05) is 5.32 Å². The van der Waals surface area contributed by atoms with Crippen LogP contribution in [0.4, 0.5) is 23.2 Å². The molecule has 1 unspecified atom stereocenters. The number of rotatable bonds is 3. The lowest BCUT2D eigenvalue weighted by Crippen LogP contribution is -2.10. The average molecular weight is 304 g/mol. The van der Waals surface area contributed by atoms with E-state index in [2.05, 4.69) is 10.3 Å². The Morgan fingerprint density at radius 2 is 2.00 bits per heavy atom. The number of nitrogens with zero attached hydrogens (tertiary/aromatic N) is 1. The maximum Gasteiger partial charge on any atom is 0.416 e. The van der Waals surface area contributed by atoms with Crippen LogP contribution in [0, 0.1) is 12.7 Å². The molecule has 1 aromatic carbocycles. The fraction of sp³-hybridized carbons (Fsp3) is 0.308. The third-order valence-electron chi connectivity index (χ3n) is 2.68. The Morgan fingerprint density at radius 3 is 2.50 bits per heavy atom. The zero-order valence-electron chi connectivity index (χ0n) is 10.8. The van der Waals surface area contributed by atoms with Crippen LogP contribution in [0.2, 0.25) is 0 Å². The Hall–Kier alpha value is -1.63. The molecule has 0 saturated carbocycles. The van der Waals surface area contributed by atoms with Gasteiger partial charge in [0.2, 0.25) is 0 Å². The third kappa shape index (κ3) is 3.27. The van der Waals surface area contributed by atoms with Crippen molar-refractivity contribution in [3.05, 3.63) is 45.7 Å². The number of halogens is 4. The molecule has 0 aliphatic carbocycles. The minimum absolute atomic E-state index is 0.0263. The number of benzene rings is 1. The van der Waals surface area contributed by atoms with E-state index in [-0.39, 0.29) is 11.7 Å². The van der Waals surface area contributed by atoms with Gasteiger partial charge in [-0.15, -0.1) is 11.3 Å². The standard InChI is InChI=1S/C13H12F4N2S/c1-7-6-18-12(20-7)8(2)19-11-4-3-9(5-10(11)14)13(15,16)17/h3-6,8,19H,1-2H3. The van der Waals surface area contributed by atoms with Gasteiger partial charge in [0.1, 0.15) is 10.8 Å². The van der Waals surface area contributed by atoms with Gasteiger partial charge in [-0.3, -0.25) is 0 Å². The number of nitrogens with one attached hydrogen (secondary N) is 1. The number of alkyl halides is 3. The Balaban J connectivity index is 2.18. The summed E-state index contributed by atoms with van der Waals surface area (Å²) in [6.45, 7) is 3.67. The van der Waals surface area contributed by atoms with Crippen LogP contribution < -0.4 is 5.32 Å². The van der Waals surface area contributed by atoms with Gasteiger partial charge in [0.05, 0.1) is 17.3 Å². The normalized spacial score (nSPS) is 13.3. The van der Waals surface area contributed by atoms with Gasteiger partial charge in [0.15, 0.2) is 0 Å². The first-order valence-electron chi connectivity index (χ1n) is 5.83. The van der Waals surface area contributed by atoms with Crippen LogP contribution in [-0.4, -0.2) is 4.98 Å². The second-order valence-corrected chi connectivity index (χ2v) is 5.63. The molecule has 0 radical (unpaired) electrons. The van der Waals surface area contributed by atoms with E-state index in [9.17, 15) is 17.6 Å². The summed E-state index contributed by atoms with van der Waals surface area (Å²) in [6.07, 6.45) is -2.85. The van der Waals surface area contributed by atoms with Gasteiger partial charge >= 0.3 is 6.18 Å². The number of aryl methyl sites for hydroxylation is 1. The fourth-order valence-corrected chi connectivity index (χ4v) is 2.45. The molecule has 2 aromatic rings. The van der Waals surface area contributed by atoms with Crippen molar-refractivity contribution >= 4 is 17.0 Å². The predicted molar refractivity (Wildman–Crippen MR) is 70.3 cm³/mol. The smallest absolute Gasteiger partial charge is 0.374 e. The first-order chi connectivity index (χ1) is 9.27. The SMILES string of the molecule is Cc1cnc(C(C)Nc2ccc(C(F)(F)F)cc2F)s1. The molecule has 0 saturated heterocycles. The first-order valence-corrected chi connectivity index (χ1v) is 6.64. The van der Waals surface area contributed by atoms with E-state index in [0.717, 1.165) is 22.0 Å². The van der Waals surface area contributed by atoms with Crippen LogP contribution in [0.15, 0.2) is 24.4 Å². The highest BCUT2D eigenvalue weighted by atomic mass is 32.1. The Labute approximate surface area is 117 Å². The highest BCUT2D eigenvalue weighted by Gasteiger charge is 2.31. The summed E-state index contributed by atoms with van der Waals surface area (Å²) in [6, 6.07) is 2.16. The van der Waals surface area contributed by atoms with Gasteiger partial charge in [-0.05, 0) is 32.0 Å². The maximum atomic E-state index is 13.7. The molecule has 1 heterocycles. The van der Waals surface area contributed by atoms with Crippen molar-refractivity contribution in [3.63, 3.8) is 0 Å². The number of hydrogen-bond donors (Lipinski definition) is 1. The van der Waals surface area contributed by atoms with Crippen molar-refractivity contribution in [1.29, 1.82) is 0 Å². The van der Waals surface area contributed by atoms with Crippen LogP contribution in [-0.2, 0) is 6.18 Å². The van der Waals surface area contributed by atoms with Gasteiger partial charge in [0.25, 0.3) is 0 Å². The number of thiazole rings is 1. The van der Waals surface area contributed by atoms with Crippen molar-refractivity contribution in [3.8, 4) is 0 Å². The third-order valence-corrected chi connectivity index (χ3v) is 3.77. The van der Waals surface area contributed by atoms with Gasteiger partial charge < -0.3 is 5.32 Å². The molecule has 0 fully saturated rings. The molecule has 1 atom stereocenters. The van der Waals surface area contributed by atoms with Crippen molar-refractivity contribution < 1.29 is 17.6 Å². The first kappa shape index (κ1) is 14.8. The van der Waals surface area contributed by atoms with E-state index in [4.69, 9.17) is 0 Å².